The van der Waals surface area contributed by atoms with Crippen LogP contribution in [0.25, 0.3) is 0 Å². The summed E-state index contributed by atoms with van der Waals surface area (Å²) in [6, 6.07) is 8.44. The van der Waals surface area contributed by atoms with Gasteiger partial charge in [-0.3, -0.25) is 0 Å². The van der Waals surface area contributed by atoms with Crippen LogP contribution in [0.3, 0.4) is 0 Å². The van der Waals surface area contributed by atoms with Crippen molar-refractivity contribution in [1.82, 2.24) is 5.32 Å². The Hall–Kier alpha value is -1.26. The largest absolute Gasteiger partial charge is 0.394 e. The predicted octanol–water partition coefficient (Wildman–Crippen LogP) is 0.913. The van der Waals surface area contributed by atoms with Gasteiger partial charge in [0.25, 0.3) is 0 Å². The quantitative estimate of drug-likeness (QED) is 0.832. The second-order valence-electron chi connectivity index (χ2n) is 5.30. The van der Waals surface area contributed by atoms with E-state index in [9.17, 15) is 5.11 Å². The minimum atomic E-state index is -0.261. The minimum absolute atomic E-state index is 0.137. The molecule has 0 aliphatic carbocycles. The van der Waals surface area contributed by atoms with E-state index in [1.165, 1.54) is 11.4 Å². The molecule has 4 nitrogen and oxygen atoms in total. The SMILES string of the molecule is CNC(C)(CO)CN1CCN(C)c2ccccc21. The van der Waals surface area contributed by atoms with Crippen molar-refractivity contribution in [2.75, 3.05) is 50.1 Å². The number of nitrogens with zero attached hydrogens (tertiary/aromatic N) is 2. The number of para-hydroxylation sites is 2. The van der Waals surface area contributed by atoms with Crippen molar-refractivity contribution in [1.29, 1.82) is 0 Å². The minimum Gasteiger partial charge on any atom is -0.394 e. The summed E-state index contributed by atoms with van der Waals surface area (Å²) in [6.07, 6.45) is 0. The lowest BCUT2D eigenvalue weighted by Crippen LogP contribution is -2.55. The van der Waals surface area contributed by atoms with E-state index in [-0.39, 0.29) is 12.1 Å². The van der Waals surface area contributed by atoms with Gasteiger partial charge in [-0.2, -0.15) is 0 Å². The number of likely N-dealkylation sites (N-methyl/N-ethyl adjacent to an activating group) is 2. The van der Waals surface area contributed by atoms with Gasteiger partial charge in [0, 0.05) is 26.7 Å². The highest BCUT2D eigenvalue weighted by atomic mass is 16.3. The third-order valence-corrected chi connectivity index (χ3v) is 3.83. The molecule has 0 radical (unpaired) electrons. The van der Waals surface area contributed by atoms with Gasteiger partial charge in [-0.1, -0.05) is 12.1 Å². The monoisotopic (exact) mass is 249 g/mol. The molecule has 1 atom stereocenters. The average molecular weight is 249 g/mol. The summed E-state index contributed by atoms with van der Waals surface area (Å²) in [7, 11) is 4.03. The average Bonchev–Trinajstić information content (AvgIpc) is 2.42. The van der Waals surface area contributed by atoms with Gasteiger partial charge < -0.3 is 20.2 Å². The topological polar surface area (TPSA) is 38.7 Å². The molecule has 0 bridgehead atoms. The van der Waals surface area contributed by atoms with Crippen molar-refractivity contribution in [3.63, 3.8) is 0 Å². The zero-order valence-electron chi connectivity index (χ0n) is 11.5. The van der Waals surface area contributed by atoms with Crippen LogP contribution in [0.2, 0.25) is 0 Å². The maximum absolute atomic E-state index is 9.52. The van der Waals surface area contributed by atoms with Crippen molar-refractivity contribution in [3.8, 4) is 0 Å². The van der Waals surface area contributed by atoms with E-state index in [0.717, 1.165) is 19.6 Å². The molecule has 1 heterocycles. The van der Waals surface area contributed by atoms with E-state index < -0.39 is 0 Å². The van der Waals surface area contributed by atoms with Gasteiger partial charge in [0.2, 0.25) is 0 Å². The van der Waals surface area contributed by atoms with Crippen LogP contribution >= 0.6 is 0 Å². The normalized spacial score (nSPS) is 18.4. The van der Waals surface area contributed by atoms with Crippen LogP contribution in [0.5, 0.6) is 0 Å². The highest BCUT2D eigenvalue weighted by Crippen LogP contribution is 2.32. The van der Waals surface area contributed by atoms with E-state index in [0.29, 0.717) is 0 Å². The van der Waals surface area contributed by atoms with Crippen LogP contribution in [0.1, 0.15) is 6.92 Å². The number of aliphatic hydroxyl groups is 1. The first-order valence-corrected chi connectivity index (χ1v) is 6.44. The molecule has 1 aliphatic heterocycles. The second kappa shape index (κ2) is 5.16. The number of nitrogens with one attached hydrogen (secondary N) is 1. The first-order valence-electron chi connectivity index (χ1n) is 6.44. The van der Waals surface area contributed by atoms with E-state index in [1.807, 2.05) is 14.0 Å². The summed E-state index contributed by atoms with van der Waals surface area (Å²) < 4.78 is 0. The van der Waals surface area contributed by atoms with Crippen LogP contribution in [-0.4, -0.2) is 51.0 Å². The maximum Gasteiger partial charge on any atom is 0.0627 e. The number of hydrogen-bond donors (Lipinski definition) is 2. The third kappa shape index (κ3) is 2.44. The lowest BCUT2D eigenvalue weighted by Gasteiger charge is -2.41. The smallest absolute Gasteiger partial charge is 0.0627 e. The van der Waals surface area contributed by atoms with Crippen molar-refractivity contribution >= 4 is 11.4 Å². The summed E-state index contributed by atoms with van der Waals surface area (Å²) in [5.41, 5.74) is 2.25. The number of fused-ring (bicyclic) bond motifs is 1. The van der Waals surface area contributed by atoms with E-state index in [2.05, 4.69) is 46.4 Å². The Bertz CT molecular complexity index is 404. The molecule has 0 amide bonds. The van der Waals surface area contributed by atoms with Crippen LogP contribution < -0.4 is 15.1 Å². The standard InChI is InChI=1S/C14H23N3O/c1-14(11-18,15-2)10-17-9-8-16(3)12-6-4-5-7-13(12)17/h4-7,15,18H,8-11H2,1-3H3. The zero-order chi connectivity index (χ0) is 13.2. The fraction of sp³-hybridized carbons (Fsp3) is 0.571. The van der Waals surface area contributed by atoms with E-state index in [1.54, 1.807) is 0 Å². The molecule has 0 saturated carbocycles. The van der Waals surface area contributed by atoms with Gasteiger partial charge in [0.1, 0.15) is 0 Å². The molecule has 18 heavy (non-hydrogen) atoms. The summed E-state index contributed by atoms with van der Waals surface area (Å²) in [5.74, 6) is 0. The third-order valence-electron chi connectivity index (χ3n) is 3.83. The number of hydrogen-bond acceptors (Lipinski definition) is 4. The molecule has 100 valence electrons. The highest BCUT2D eigenvalue weighted by Gasteiger charge is 2.28. The molecule has 1 unspecified atom stereocenters. The Morgan fingerprint density at radius 1 is 1.28 bits per heavy atom. The van der Waals surface area contributed by atoms with Gasteiger partial charge in [-0.05, 0) is 26.1 Å². The Morgan fingerprint density at radius 3 is 2.56 bits per heavy atom. The van der Waals surface area contributed by atoms with Crippen LogP contribution in [0, 0.1) is 0 Å². The number of anilines is 2. The molecular formula is C14H23N3O. The number of rotatable bonds is 4. The van der Waals surface area contributed by atoms with Gasteiger partial charge in [-0.15, -0.1) is 0 Å². The van der Waals surface area contributed by atoms with Crippen molar-refractivity contribution < 1.29 is 5.11 Å². The van der Waals surface area contributed by atoms with Gasteiger partial charge >= 0.3 is 0 Å². The summed E-state index contributed by atoms with van der Waals surface area (Å²) in [6.45, 7) is 5.00. The molecule has 0 spiro atoms. The van der Waals surface area contributed by atoms with Gasteiger partial charge in [-0.25, -0.2) is 0 Å². The van der Waals surface area contributed by atoms with E-state index in [4.69, 9.17) is 0 Å². The lowest BCUT2D eigenvalue weighted by atomic mass is 10.0. The molecule has 1 aliphatic rings. The van der Waals surface area contributed by atoms with Crippen molar-refractivity contribution in [2.24, 2.45) is 0 Å². The summed E-state index contributed by atoms with van der Waals surface area (Å²) >= 11 is 0. The first kappa shape index (κ1) is 13.2. The molecule has 2 rings (SSSR count). The van der Waals surface area contributed by atoms with Crippen LogP contribution in [-0.2, 0) is 0 Å². The fourth-order valence-electron chi connectivity index (χ4n) is 2.36. The molecule has 0 fully saturated rings. The maximum atomic E-state index is 9.52. The van der Waals surface area contributed by atoms with Crippen molar-refractivity contribution in [2.45, 2.75) is 12.5 Å². The fourth-order valence-corrected chi connectivity index (χ4v) is 2.36. The molecule has 0 saturated heterocycles. The Balaban J connectivity index is 2.24. The Labute approximate surface area is 109 Å². The predicted molar refractivity (Wildman–Crippen MR) is 76.5 cm³/mol. The Kier molecular flexibility index (Phi) is 3.78. The zero-order valence-corrected chi connectivity index (χ0v) is 11.5. The second-order valence-corrected chi connectivity index (χ2v) is 5.30. The summed E-state index contributed by atoms with van der Waals surface area (Å²) in [4.78, 5) is 4.63. The molecule has 1 aromatic carbocycles. The van der Waals surface area contributed by atoms with Gasteiger partial charge in [0.15, 0.2) is 0 Å². The molecule has 4 heteroatoms. The van der Waals surface area contributed by atoms with Gasteiger partial charge in [0.05, 0.1) is 23.5 Å². The molecule has 1 aromatic rings. The number of benzene rings is 1. The summed E-state index contributed by atoms with van der Waals surface area (Å²) in [5, 5.41) is 12.7. The lowest BCUT2D eigenvalue weighted by molar-refractivity contribution is 0.185. The number of aliphatic hydroxyl groups excluding tert-OH is 1. The molecule has 2 N–H and O–H groups in total. The molecule has 0 aromatic heterocycles. The van der Waals surface area contributed by atoms with E-state index >= 15 is 0 Å². The Morgan fingerprint density at radius 2 is 1.94 bits per heavy atom. The first-order chi connectivity index (χ1) is 8.59. The van der Waals surface area contributed by atoms with Crippen LogP contribution in [0.4, 0.5) is 11.4 Å². The highest BCUT2D eigenvalue weighted by molar-refractivity contribution is 5.73. The van der Waals surface area contributed by atoms with Crippen LogP contribution in [0.15, 0.2) is 24.3 Å². The van der Waals surface area contributed by atoms with Crippen molar-refractivity contribution in [3.05, 3.63) is 24.3 Å². The molecular weight excluding hydrogens is 226 g/mol.